The average Bonchev–Trinajstić information content (AvgIpc) is 2.89. The Morgan fingerprint density at radius 2 is 1.96 bits per heavy atom. The lowest BCUT2D eigenvalue weighted by molar-refractivity contribution is -0.140. The monoisotopic (exact) mass is 337 g/mol. The van der Waals surface area contributed by atoms with Crippen molar-refractivity contribution in [1.29, 1.82) is 0 Å². The topological polar surface area (TPSA) is 43.9 Å². The van der Waals surface area contributed by atoms with E-state index in [4.69, 9.17) is 0 Å². The summed E-state index contributed by atoms with van der Waals surface area (Å²) in [7, 11) is 2.02. The van der Waals surface area contributed by atoms with Crippen molar-refractivity contribution in [3.63, 3.8) is 0 Å². The van der Waals surface area contributed by atoms with Crippen molar-refractivity contribution >= 4 is 23.6 Å². The Balaban J connectivity index is 1.71. The van der Waals surface area contributed by atoms with Crippen molar-refractivity contribution in [3.05, 3.63) is 35.6 Å². The SMILES string of the molecule is CN1CCN(C(=O)CN2C(=O)CSC2c2ccccc2F)CC1. The molecule has 0 bridgehead atoms. The van der Waals surface area contributed by atoms with Crippen LogP contribution in [0.1, 0.15) is 10.9 Å². The summed E-state index contributed by atoms with van der Waals surface area (Å²) in [6.45, 7) is 3.05. The predicted molar refractivity (Wildman–Crippen MR) is 87.4 cm³/mol. The maximum atomic E-state index is 14.0. The summed E-state index contributed by atoms with van der Waals surface area (Å²) in [5.74, 6) is -0.215. The van der Waals surface area contributed by atoms with E-state index in [1.165, 1.54) is 22.7 Å². The van der Waals surface area contributed by atoms with Gasteiger partial charge in [0.1, 0.15) is 17.7 Å². The molecule has 5 nitrogen and oxygen atoms in total. The number of piperazine rings is 1. The van der Waals surface area contributed by atoms with Crippen LogP contribution < -0.4 is 0 Å². The number of likely N-dealkylation sites (N-methyl/N-ethyl adjacent to an activating group) is 1. The van der Waals surface area contributed by atoms with Gasteiger partial charge in [-0.1, -0.05) is 18.2 Å². The second kappa shape index (κ2) is 6.88. The van der Waals surface area contributed by atoms with Crippen molar-refractivity contribution in [3.8, 4) is 0 Å². The van der Waals surface area contributed by atoms with Crippen LogP contribution in [0.15, 0.2) is 24.3 Å². The van der Waals surface area contributed by atoms with E-state index in [0.29, 0.717) is 18.7 Å². The third kappa shape index (κ3) is 3.50. The van der Waals surface area contributed by atoms with E-state index in [-0.39, 0.29) is 29.9 Å². The Bertz CT molecular complexity index is 605. The highest BCUT2D eigenvalue weighted by molar-refractivity contribution is 8.00. The summed E-state index contributed by atoms with van der Waals surface area (Å²) in [5.41, 5.74) is 0.467. The van der Waals surface area contributed by atoms with Gasteiger partial charge in [0.15, 0.2) is 0 Å². The lowest BCUT2D eigenvalue weighted by Crippen LogP contribution is -2.50. The molecule has 2 fully saturated rings. The first-order valence-corrected chi connectivity index (χ1v) is 8.73. The van der Waals surface area contributed by atoms with Crippen LogP contribution in [0.3, 0.4) is 0 Å². The maximum Gasteiger partial charge on any atom is 0.242 e. The summed E-state index contributed by atoms with van der Waals surface area (Å²) >= 11 is 1.37. The van der Waals surface area contributed by atoms with Crippen LogP contribution in [-0.4, -0.2) is 72.0 Å². The van der Waals surface area contributed by atoms with Gasteiger partial charge in [0.2, 0.25) is 11.8 Å². The number of nitrogens with zero attached hydrogens (tertiary/aromatic N) is 3. The molecule has 0 N–H and O–H groups in total. The number of carbonyl (C=O) groups is 2. The van der Waals surface area contributed by atoms with E-state index in [9.17, 15) is 14.0 Å². The lowest BCUT2D eigenvalue weighted by Gasteiger charge is -2.34. The van der Waals surface area contributed by atoms with Gasteiger partial charge in [-0.25, -0.2) is 4.39 Å². The summed E-state index contributed by atoms with van der Waals surface area (Å²) in [5, 5.41) is -0.417. The van der Waals surface area contributed by atoms with Gasteiger partial charge in [0, 0.05) is 31.7 Å². The molecule has 1 unspecified atom stereocenters. The minimum Gasteiger partial charge on any atom is -0.339 e. The van der Waals surface area contributed by atoms with Crippen LogP contribution >= 0.6 is 11.8 Å². The molecule has 0 aliphatic carbocycles. The molecule has 23 heavy (non-hydrogen) atoms. The van der Waals surface area contributed by atoms with Crippen LogP contribution in [0.25, 0.3) is 0 Å². The lowest BCUT2D eigenvalue weighted by atomic mass is 10.2. The van der Waals surface area contributed by atoms with E-state index in [2.05, 4.69) is 4.90 Å². The highest BCUT2D eigenvalue weighted by Gasteiger charge is 2.36. The van der Waals surface area contributed by atoms with E-state index < -0.39 is 5.37 Å². The molecule has 1 aromatic rings. The molecule has 2 aliphatic heterocycles. The molecule has 0 aromatic heterocycles. The standard InChI is InChI=1S/C16H20FN3O2S/c1-18-6-8-19(9-7-18)14(21)10-20-15(22)11-23-16(20)12-4-2-3-5-13(12)17/h2-5,16H,6-11H2,1H3. The molecule has 0 saturated carbocycles. The van der Waals surface area contributed by atoms with Gasteiger partial charge >= 0.3 is 0 Å². The van der Waals surface area contributed by atoms with Crippen molar-refractivity contribution in [2.75, 3.05) is 45.5 Å². The number of hydrogen-bond acceptors (Lipinski definition) is 4. The number of benzene rings is 1. The minimum atomic E-state index is -0.417. The van der Waals surface area contributed by atoms with Crippen LogP contribution in [0, 0.1) is 5.82 Å². The smallest absolute Gasteiger partial charge is 0.242 e. The zero-order valence-electron chi connectivity index (χ0n) is 13.1. The molecule has 2 aliphatic rings. The van der Waals surface area contributed by atoms with Gasteiger partial charge in [-0.15, -0.1) is 11.8 Å². The van der Waals surface area contributed by atoms with Gasteiger partial charge in [0.05, 0.1) is 5.75 Å². The second-order valence-corrected chi connectivity index (χ2v) is 6.96. The van der Waals surface area contributed by atoms with Crippen LogP contribution in [0.2, 0.25) is 0 Å². The number of carbonyl (C=O) groups excluding carboxylic acids is 2. The fourth-order valence-corrected chi connectivity index (χ4v) is 4.07. The quantitative estimate of drug-likeness (QED) is 0.831. The Hall–Kier alpha value is -1.60. The molecule has 3 rings (SSSR count). The molecule has 0 radical (unpaired) electrons. The number of thioether (sulfide) groups is 1. The summed E-state index contributed by atoms with van der Waals surface area (Å²) in [6, 6.07) is 6.44. The Labute approximate surface area is 139 Å². The molecule has 2 amide bonds. The summed E-state index contributed by atoms with van der Waals surface area (Å²) in [4.78, 5) is 30.1. The largest absolute Gasteiger partial charge is 0.339 e. The number of halogens is 1. The van der Waals surface area contributed by atoms with Gasteiger partial charge in [-0.05, 0) is 13.1 Å². The number of amides is 2. The fraction of sp³-hybridized carbons (Fsp3) is 0.500. The first kappa shape index (κ1) is 16.3. The van der Waals surface area contributed by atoms with Crippen molar-refractivity contribution in [2.24, 2.45) is 0 Å². The molecular formula is C16H20FN3O2S. The predicted octanol–water partition coefficient (Wildman–Crippen LogP) is 1.17. The zero-order valence-corrected chi connectivity index (χ0v) is 13.9. The van der Waals surface area contributed by atoms with Crippen molar-refractivity contribution in [2.45, 2.75) is 5.37 Å². The van der Waals surface area contributed by atoms with E-state index in [1.54, 1.807) is 23.1 Å². The molecular weight excluding hydrogens is 317 g/mol. The minimum absolute atomic E-state index is 0.0224. The molecule has 7 heteroatoms. The third-order valence-corrected chi connectivity index (χ3v) is 5.54. The van der Waals surface area contributed by atoms with Gasteiger partial charge in [-0.2, -0.15) is 0 Å². The van der Waals surface area contributed by atoms with Crippen LogP contribution in [-0.2, 0) is 9.59 Å². The van der Waals surface area contributed by atoms with Crippen molar-refractivity contribution < 1.29 is 14.0 Å². The van der Waals surface area contributed by atoms with Gasteiger partial charge in [0.25, 0.3) is 0 Å². The van der Waals surface area contributed by atoms with Crippen LogP contribution in [0.4, 0.5) is 4.39 Å². The van der Waals surface area contributed by atoms with Gasteiger partial charge < -0.3 is 14.7 Å². The first-order chi connectivity index (χ1) is 11.1. The Kier molecular flexibility index (Phi) is 4.87. The van der Waals surface area contributed by atoms with Gasteiger partial charge in [-0.3, -0.25) is 9.59 Å². The van der Waals surface area contributed by atoms with E-state index in [0.717, 1.165) is 13.1 Å². The number of rotatable bonds is 3. The highest BCUT2D eigenvalue weighted by atomic mass is 32.2. The molecule has 1 aromatic carbocycles. The summed E-state index contributed by atoms with van der Waals surface area (Å²) in [6.07, 6.45) is 0. The Morgan fingerprint density at radius 3 is 2.65 bits per heavy atom. The fourth-order valence-electron chi connectivity index (χ4n) is 2.86. The molecule has 2 saturated heterocycles. The molecule has 1 atom stereocenters. The molecule has 0 spiro atoms. The molecule has 124 valence electrons. The maximum absolute atomic E-state index is 14.0. The summed E-state index contributed by atoms with van der Waals surface area (Å²) < 4.78 is 14.0. The second-order valence-electron chi connectivity index (χ2n) is 5.89. The average molecular weight is 337 g/mol. The zero-order chi connectivity index (χ0) is 16.4. The third-order valence-electron chi connectivity index (χ3n) is 4.30. The van der Waals surface area contributed by atoms with E-state index in [1.807, 2.05) is 7.05 Å². The molecule has 2 heterocycles. The number of hydrogen-bond donors (Lipinski definition) is 0. The Morgan fingerprint density at radius 1 is 1.26 bits per heavy atom. The normalized spacial score (nSPS) is 22.7. The van der Waals surface area contributed by atoms with Crippen LogP contribution in [0.5, 0.6) is 0 Å². The first-order valence-electron chi connectivity index (χ1n) is 7.68. The van der Waals surface area contributed by atoms with Crippen molar-refractivity contribution in [1.82, 2.24) is 14.7 Å². The highest BCUT2D eigenvalue weighted by Crippen LogP contribution is 2.39. The van der Waals surface area contributed by atoms with E-state index >= 15 is 0 Å².